The molecule has 0 aromatic carbocycles. The molecule has 0 bridgehead atoms. The van der Waals surface area contributed by atoms with Gasteiger partial charge >= 0.3 is 0 Å². The molecule has 1 atom stereocenters. The predicted molar refractivity (Wildman–Crippen MR) is 74.4 cm³/mol. The zero-order valence-corrected chi connectivity index (χ0v) is 11.8. The van der Waals surface area contributed by atoms with Gasteiger partial charge in [-0.25, -0.2) is 0 Å². The van der Waals surface area contributed by atoms with Crippen LogP contribution in [0.5, 0.6) is 0 Å². The van der Waals surface area contributed by atoms with Gasteiger partial charge in [0.2, 0.25) is 0 Å². The summed E-state index contributed by atoms with van der Waals surface area (Å²) in [7, 11) is 1.97. The van der Waals surface area contributed by atoms with Crippen LogP contribution in [0.1, 0.15) is 58.1 Å². The van der Waals surface area contributed by atoms with Crippen molar-refractivity contribution in [3.63, 3.8) is 0 Å². The average molecular weight is 237 g/mol. The van der Waals surface area contributed by atoms with Crippen molar-refractivity contribution < 1.29 is 0 Å². The molecule has 0 aliphatic rings. The molecule has 0 spiro atoms. The highest BCUT2D eigenvalue weighted by atomic mass is 15.3. The predicted octanol–water partition coefficient (Wildman–Crippen LogP) is 3.89. The number of aryl methyl sites for hydroxylation is 2. The Bertz CT molecular complexity index is 317. The molecule has 1 unspecified atom stereocenters. The first kappa shape index (κ1) is 14.1. The molecule has 0 aliphatic heterocycles. The molecule has 98 valence electrons. The van der Waals surface area contributed by atoms with E-state index in [2.05, 4.69) is 37.4 Å². The fourth-order valence-corrected chi connectivity index (χ4v) is 2.13. The smallest absolute Gasteiger partial charge is 0.0825 e. The summed E-state index contributed by atoms with van der Waals surface area (Å²) in [6.07, 6.45) is 10.1. The maximum Gasteiger partial charge on any atom is 0.0825 e. The van der Waals surface area contributed by atoms with Gasteiger partial charge in [-0.15, -0.1) is 0 Å². The lowest BCUT2D eigenvalue weighted by atomic mass is 10.1. The number of aromatic nitrogens is 2. The fourth-order valence-electron chi connectivity index (χ4n) is 2.13. The first-order valence-corrected chi connectivity index (χ1v) is 6.90. The molecule has 0 amide bonds. The normalized spacial score (nSPS) is 12.7. The second-order valence-corrected chi connectivity index (χ2v) is 5.05. The molecule has 3 heteroatoms. The monoisotopic (exact) mass is 237 g/mol. The van der Waals surface area contributed by atoms with Crippen molar-refractivity contribution >= 4 is 5.69 Å². The minimum atomic E-state index is 0.541. The maximum absolute atomic E-state index is 4.34. The van der Waals surface area contributed by atoms with E-state index in [0.717, 1.165) is 5.69 Å². The van der Waals surface area contributed by atoms with Crippen molar-refractivity contribution in [3.05, 3.63) is 11.9 Å². The molecule has 0 radical (unpaired) electrons. The highest BCUT2D eigenvalue weighted by Gasteiger charge is 2.06. The molecule has 1 aromatic heterocycles. The summed E-state index contributed by atoms with van der Waals surface area (Å²) in [5.74, 6) is 0. The summed E-state index contributed by atoms with van der Waals surface area (Å²) in [5.41, 5.74) is 2.26. The van der Waals surface area contributed by atoms with Gasteiger partial charge in [0.1, 0.15) is 0 Å². The van der Waals surface area contributed by atoms with Gasteiger partial charge in [0, 0.05) is 19.3 Å². The van der Waals surface area contributed by atoms with Crippen LogP contribution < -0.4 is 5.32 Å². The summed E-state index contributed by atoms with van der Waals surface area (Å²) in [4.78, 5) is 0. The second kappa shape index (κ2) is 7.36. The van der Waals surface area contributed by atoms with Gasteiger partial charge in [-0.05, 0) is 20.3 Å². The number of anilines is 1. The van der Waals surface area contributed by atoms with Crippen LogP contribution in [0.3, 0.4) is 0 Å². The van der Waals surface area contributed by atoms with E-state index in [4.69, 9.17) is 0 Å². The summed E-state index contributed by atoms with van der Waals surface area (Å²) < 4.78 is 1.87. The van der Waals surface area contributed by atoms with Crippen molar-refractivity contribution in [2.45, 2.75) is 65.3 Å². The van der Waals surface area contributed by atoms with E-state index in [1.807, 2.05) is 11.7 Å². The molecule has 17 heavy (non-hydrogen) atoms. The first-order valence-electron chi connectivity index (χ1n) is 6.90. The maximum atomic E-state index is 4.34. The zero-order chi connectivity index (χ0) is 12.7. The second-order valence-electron chi connectivity index (χ2n) is 5.05. The van der Waals surface area contributed by atoms with E-state index in [9.17, 15) is 0 Å². The van der Waals surface area contributed by atoms with Gasteiger partial charge in [-0.1, -0.05) is 39.0 Å². The molecule has 0 fully saturated rings. The Labute approximate surface area is 106 Å². The zero-order valence-electron chi connectivity index (χ0n) is 11.8. The SMILES string of the molecule is CCCCCCCC(C)Nc1cn(C)nc1C. The molecule has 1 aromatic rings. The summed E-state index contributed by atoms with van der Waals surface area (Å²) in [6.45, 7) is 6.57. The van der Waals surface area contributed by atoms with E-state index in [1.54, 1.807) is 0 Å². The molecule has 1 rings (SSSR count). The van der Waals surface area contributed by atoms with Crippen LogP contribution in [-0.2, 0) is 7.05 Å². The van der Waals surface area contributed by atoms with E-state index in [0.29, 0.717) is 6.04 Å². The topological polar surface area (TPSA) is 29.9 Å². The molecule has 3 nitrogen and oxygen atoms in total. The van der Waals surface area contributed by atoms with Crippen LogP contribution in [0.2, 0.25) is 0 Å². The highest BCUT2D eigenvalue weighted by molar-refractivity contribution is 5.46. The average Bonchev–Trinajstić information content (AvgIpc) is 2.57. The van der Waals surface area contributed by atoms with Gasteiger partial charge in [0.15, 0.2) is 0 Å². The van der Waals surface area contributed by atoms with Crippen LogP contribution in [-0.4, -0.2) is 15.8 Å². The molecule has 1 N–H and O–H groups in total. The molecular weight excluding hydrogens is 210 g/mol. The lowest BCUT2D eigenvalue weighted by Crippen LogP contribution is -2.15. The molecule has 0 aliphatic carbocycles. The van der Waals surface area contributed by atoms with Gasteiger partial charge in [0.05, 0.1) is 11.4 Å². The first-order chi connectivity index (χ1) is 8.13. The van der Waals surface area contributed by atoms with E-state index < -0.39 is 0 Å². The van der Waals surface area contributed by atoms with Gasteiger partial charge < -0.3 is 5.32 Å². The molecule has 0 saturated heterocycles. The number of hydrogen-bond acceptors (Lipinski definition) is 2. The minimum absolute atomic E-state index is 0.541. The van der Waals surface area contributed by atoms with Crippen LogP contribution in [0.25, 0.3) is 0 Å². The number of hydrogen-bond donors (Lipinski definition) is 1. The molecule has 0 saturated carbocycles. The summed E-state index contributed by atoms with van der Waals surface area (Å²) >= 11 is 0. The van der Waals surface area contributed by atoms with Gasteiger partial charge in [0.25, 0.3) is 0 Å². The van der Waals surface area contributed by atoms with E-state index in [1.165, 1.54) is 44.2 Å². The molecule has 1 heterocycles. The quantitative estimate of drug-likeness (QED) is 0.695. The summed E-state index contributed by atoms with van der Waals surface area (Å²) in [6, 6.07) is 0.541. The Kier molecular flexibility index (Phi) is 6.09. The fraction of sp³-hybridized carbons (Fsp3) is 0.786. The minimum Gasteiger partial charge on any atom is -0.380 e. The number of nitrogens with one attached hydrogen (secondary N) is 1. The van der Waals surface area contributed by atoms with Crippen molar-refractivity contribution in [2.24, 2.45) is 7.05 Å². The van der Waals surface area contributed by atoms with Crippen LogP contribution in [0.4, 0.5) is 5.69 Å². The Hall–Kier alpha value is -0.990. The Morgan fingerprint density at radius 2 is 2.00 bits per heavy atom. The highest BCUT2D eigenvalue weighted by Crippen LogP contribution is 2.15. The number of rotatable bonds is 8. The van der Waals surface area contributed by atoms with Crippen LogP contribution in [0.15, 0.2) is 6.20 Å². The van der Waals surface area contributed by atoms with Crippen LogP contribution >= 0.6 is 0 Å². The molecular formula is C14H27N3. The Morgan fingerprint density at radius 1 is 1.29 bits per heavy atom. The van der Waals surface area contributed by atoms with Crippen molar-refractivity contribution in [1.82, 2.24) is 9.78 Å². The lowest BCUT2D eigenvalue weighted by Gasteiger charge is -2.14. The van der Waals surface area contributed by atoms with Crippen molar-refractivity contribution in [2.75, 3.05) is 5.32 Å². The van der Waals surface area contributed by atoms with Crippen molar-refractivity contribution in [1.29, 1.82) is 0 Å². The lowest BCUT2D eigenvalue weighted by molar-refractivity contribution is 0.578. The van der Waals surface area contributed by atoms with Crippen molar-refractivity contribution in [3.8, 4) is 0 Å². The third-order valence-corrected chi connectivity index (χ3v) is 3.16. The summed E-state index contributed by atoms with van der Waals surface area (Å²) in [5, 5.41) is 7.88. The Morgan fingerprint density at radius 3 is 2.59 bits per heavy atom. The third-order valence-electron chi connectivity index (χ3n) is 3.16. The van der Waals surface area contributed by atoms with Gasteiger partial charge in [-0.2, -0.15) is 5.10 Å². The van der Waals surface area contributed by atoms with Gasteiger partial charge in [-0.3, -0.25) is 4.68 Å². The van der Waals surface area contributed by atoms with E-state index in [-0.39, 0.29) is 0 Å². The number of nitrogens with zero attached hydrogens (tertiary/aromatic N) is 2. The Balaban J connectivity index is 2.20. The largest absolute Gasteiger partial charge is 0.380 e. The third kappa shape index (κ3) is 5.24. The van der Waals surface area contributed by atoms with E-state index >= 15 is 0 Å². The number of unbranched alkanes of at least 4 members (excludes halogenated alkanes) is 4. The van der Waals surface area contributed by atoms with Crippen LogP contribution in [0, 0.1) is 6.92 Å². The standard InChI is InChI=1S/C14H27N3/c1-5-6-7-8-9-10-12(2)15-14-11-17(4)16-13(14)3/h11-12,15H,5-10H2,1-4H3.